The largest absolute Gasteiger partial charge is 0.325 e. The number of sulfonamides is 1. The van der Waals surface area contributed by atoms with Gasteiger partial charge in [-0.3, -0.25) is 4.79 Å². The lowest BCUT2D eigenvalue weighted by Gasteiger charge is -2.31. The molecule has 0 bridgehead atoms. The molecule has 0 aliphatic carbocycles. The summed E-state index contributed by atoms with van der Waals surface area (Å²) in [5.41, 5.74) is 1.16. The van der Waals surface area contributed by atoms with Gasteiger partial charge in [0.2, 0.25) is 15.9 Å². The summed E-state index contributed by atoms with van der Waals surface area (Å²) in [5, 5.41) is 4.58. The molecule has 1 fully saturated rings. The van der Waals surface area contributed by atoms with Crippen LogP contribution in [0, 0.1) is 18.7 Å². The molecule has 5 nitrogen and oxygen atoms in total. The van der Waals surface area contributed by atoms with Crippen LogP contribution in [0.3, 0.4) is 0 Å². The van der Waals surface area contributed by atoms with E-state index >= 15 is 0 Å². The van der Waals surface area contributed by atoms with Crippen molar-refractivity contribution in [2.75, 3.05) is 18.4 Å². The maximum atomic E-state index is 13.5. The number of carbonyl (C=O) groups excluding carboxylic acids is 1. The van der Waals surface area contributed by atoms with Crippen LogP contribution in [0.4, 0.5) is 10.1 Å². The van der Waals surface area contributed by atoms with Crippen LogP contribution in [0.1, 0.15) is 18.4 Å². The summed E-state index contributed by atoms with van der Waals surface area (Å²) in [6.45, 7) is 2.26. The number of fused-ring (bicyclic) bond motifs is 1. The Morgan fingerprint density at radius 1 is 1.07 bits per heavy atom. The van der Waals surface area contributed by atoms with E-state index in [1.165, 1.54) is 16.4 Å². The highest BCUT2D eigenvalue weighted by Crippen LogP contribution is 2.27. The zero-order valence-corrected chi connectivity index (χ0v) is 17.5. The van der Waals surface area contributed by atoms with E-state index in [2.05, 4.69) is 5.32 Å². The Morgan fingerprint density at radius 2 is 1.83 bits per heavy atom. The molecule has 1 atom stereocenters. The number of carbonyl (C=O) groups is 1. The Morgan fingerprint density at radius 3 is 2.63 bits per heavy atom. The lowest BCUT2D eigenvalue weighted by molar-refractivity contribution is -0.120. The summed E-state index contributed by atoms with van der Waals surface area (Å²) in [4.78, 5) is 13.0. The number of aryl methyl sites for hydroxylation is 1. The predicted octanol–water partition coefficient (Wildman–Crippen LogP) is 4.33. The van der Waals surface area contributed by atoms with E-state index in [1.807, 2.05) is 24.3 Å². The van der Waals surface area contributed by atoms with Crippen molar-refractivity contribution in [3.63, 3.8) is 0 Å². The number of hydrogen-bond donors (Lipinski definition) is 1. The predicted molar refractivity (Wildman–Crippen MR) is 115 cm³/mol. The first kappa shape index (κ1) is 20.5. The number of halogens is 1. The maximum absolute atomic E-state index is 13.5. The molecular formula is C23H23FN2O3S. The summed E-state index contributed by atoms with van der Waals surface area (Å²) in [6, 6.07) is 16.9. The van der Waals surface area contributed by atoms with E-state index in [-0.39, 0.29) is 17.3 Å². The zero-order valence-electron chi connectivity index (χ0n) is 16.6. The van der Waals surface area contributed by atoms with Gasteiger partial charge in [0, 0.05) is 18.8 Å². The quantitative estimate of drug-likeness (QED) is 0.675. The molecule has 1 N–H and O–H groups in total. The number of anilines is 1. The lowest BCUT2D eigenvalue weighted by atomic mass is 9.98. The number of nitrogens with one attached hydrogen (secondary N) is 1. The fraction of sp³-hybridized carbons (Fsp3) is 0.261. The second-order valence-electron chi connectivity index (χ2n) is 7.66. The summed E-state index contributed by atoms with van der Waals surface area (Å²) >= 11 is 0. The molecule has 1 aliphatic heterocycles. The smallest absolute Gasteiger partial charge is 0.243 e. The molecule has 1 amide bonds. The van der Waals surface area contributed by atoms with E-state index in [1.54, 1.807) is 31.2 Å². The zero-order chi connectivity index (χ0) is 21.3. The first-order valence-electron chi connectivity index (χ1n) is 9.90. The van der Waals surface area contributed by atoms with Gasteiger partial charge >= 0.3 is 0 Å². The molecular weight excluding hydrogens is 403 g/mol. The number of benzene rings is 3. The Bertz CT molecular complexity index is 1210. The van der Waals surface area contributed by atoms with Crippen LogP contribution >= 0.6 is 0 Å². The van der Waals surface area contributed by atoms with Crippen molar-refractivity contribution in [1.29, 1.82) is 0 Å². The topological polar surface area (TPSA) is 66.5 Å². The molecule has 0 radical (unpaired) electrons. The number of piperidine rings is 1. The van der Waals surface area contributed by atoms with Gasteiger partial charge in [0.05, 0.1) is 10.8 Å². The van der Waals surface area contributed by atoms with Gasteiger partial charge in [0.15, 0.2) is 0 Å². The normalized spacial score (nSPS) is 17.7. The van der Waals surface area contributed by atoms with Gasteiger partial charge in [0.1, 0.15) is 5.82 Å². The van der Waals surface area contributed by atoms with Gasteiger partial charge < -0.3 is 5.32 Å². The van der Waals surface area contributed by atoms with E-state index in [0.29, 0.717) is 25.1 Å². The number of amides is 1. The number of hydrogen-bond acceptors (Lipinski definition) is 3. The molecule has 1 heterocycles. The van der Waals surface area contributed by atoms with Crippen molar-refractivity contribution < 1.29 is 17.6 Å². The van der Waals surface area contributed by atoms with Crippen molar-refractivity contribution in [1.82, 2.24) is 4.31 Å². The maximum Gasteiger partial charge on any atom is 0.243 e. The van der Waals surface area contributed by atoms with Crippen molar-refractivity contribution in [3.8, 4) is 0 Å². The third kappa shape index (κ3) is 4.08. The van der Waals surface area contributed by atoms with Crippen molar-refractivity contribution in [3.05, 3.63) is 72.0 Å². The van der Waals surface area contributed by atoms with Gasteiger partial charge in [0.25, 0.3) is 0 Å². The summed E-state index contributed by atoms with van der Waals surface area (Å²) in [5.74, 6) is -1.21. The number of nitrogens with zero attached hydrogens (tertiary/aromatic N) is 1. The minimum atomic E-state index is -3.71. The Kier molecular flexibility index (Phi) is 5.58. The van der Waals surface area contributed by atoms with E-state index in [4.69, 9.17) is 0 Å². The van der Waals surface area contributed by atoms with Crippen LogP contribution in [-0.4, -0.2) is 31.7 Å². The monoisotopic (exact) mass is 426 g/mol. The van der Waals surface area contributed by atoms with E-state index in [9.17, 15) is 17.6 Å². The second-order valence-corrected chi connectivity index (χ2v) is 9.60. The van der Waals surface area contributed by atoms with Crippen LogP contribution in [0.2, 0.25) is 0 Å². The van der Waals surface area contributed by atoms with Gasteiger partial charge in [-0.25, -0.2) is 12.8 Å². The Labute approximate surface area is 175 Å². The van der Waals surface area contributed by atoms with Crippen molar-refractivity contribution >= 4 is 32.4 Å². The Hall–Kier alpha value is -2.77. The first-order valence-corrected chi connectivity index (χ1v) is 11.3. The molecule has 1 aliphatic rings. The molecule has 7 heteroatoms. The second kappa shape index (κ2) is 8.16. The molecule has 3 aromatic rings. The minimum absolute atomic E-state index is 0.107. The van der Waals surface area contributed by atoms with Crippen LogP contribution in [0.5, 0.6) is 0 Å². The van der Waals surface area contributed by atoms with Gasteiger partial charge in [-0.15, -0.1) is 0 Å². The molecule has 0 saturated carbocycles. The fourth-order valence-corrected chi connectivity index (χ4v) is 5.38. The highest BCUT2D eigenvalue weighted by atomic mass is 32.2. The molecule has 0 spiro atoms. The minimum Gasteiger partial charge on any atom is -0.325 e. The van der Waals surface area contributed by atoms with Crippen molar-refractivity contribution in [2.24, 2.45) is 5.92 Å². The average molecular weight is 427 g/mol. The van der Waals surface area contributed by atoms with E-state index in [0.717, 1.165) is 16.3 Å². The molecule has 0 unspecified atom stereocenters. The fourth-order valence-electron chi connectivity index (χ4n) is 3.82. The molecule has 0 aromatic heterocycles. The first-order chi connectivity index (χ1) is 14.3. The van der Waals surface area contributed by atoms with Gasteiger partial charge in [-0.05, 0) is 60.4 Å². The van der Waals surface area contributed by atoms with Crippen molar-refractivity contribution in [2.45, 2.75) is 24.7 Å². The van der Waals surface area contributed by atoms with Gasteiger partial charge in [-0.2, -0.15) is 4.31 Å². The third-order valence-corrected chi connectivity index (χ3v) is 7.43. The summed E-state index contributed by atoms with van der Waals surface area (Å²) in [7, 11) is -3.71. The molecule has 4 rings (SSSR count). The molecule has 156 valence electrons. The van der Waals surface area contributed by atoms with Crippen LogP contribution in [0.15, 0.2) is 65.6 Å². The highest BCUT2D eigenvalue weighted by Gasteiger charge is 2.33. The standard InChI is InChI=1S/C23H23FN2O3S/c1-16-8-10-20(24)14-22(16)25-23(27)19-7-4-12-26(15-19)30(28,29)21-11-9-17-5-2-3-6-18(17)13-21/h2-3,5-6,8-11,13-14,19H,4,7,12,15H2,1H3,(H,25,27)/t19-/m1/s1. The summed E-state index contributed by atoms with van der Waals surface area (Å²) in [6.07, 6.45) is 1.18. The summed E-state index contributed by atoms with van der Waals surface area (Å²) < 4.78 is 41.3. The highest BCUT2D eigenvalue weighted by molar-refractivity contribution is 7.89. The third-order valence-electron chi connectivity index (χ3n) is 5.57. The van der Waals surface area contributed by atoms with Gasteiger partial charge in [-0.1, -0.05) is 36.4 Å². The lowest BCUT2D eigenvalue weighted by Crippen LogP contribution is -2.43. The van der Waals surface area contributed by atoms with Crippen LogP contribution in [-0.2, 0) is 14.8 Å². The SMILES string of the molecule is Cc1ccc(F)cc1NC(=O)[C@@H]1CCCN(S(=O)(=O)c2ccc3ccccc3c2)C1. The molecule has 30 heavy (non-hydrogen) atoms. The van der Waals surface area contributed by atoms with Crippen LogP contribution < -0.4 is 5.32 Å². The van der Waals surface area contributed by atoms with Crippen LogP contribution in [0.25, 0.3) is 10.8 Å². The van der Waals surface area contributed by atoms with E-state index < -0.39 is 21.8 Å². The molecule has 3 aromatic carbocycles. The molecule has 1 saturated heterocycles. The average Bonchev–Trinajstić information content (AvgIpc) is 2.76. The number of rotatable bonds is 4. The Balaban J connectivity index is 1.53.